The van der Waals surface area contributed by atoms with Crippen molar-refractivity contribution in [2.45, 2.75) is 11.8 Å². The number of hydrogen-bond acceptors (Lipinski definition) is 6. The van der Waals surface area contributed by atoms with Crippen LogP contribution in [0.2, 0.25) is 0 Å². The van der Waals surface area contributed by atoms with Crippen LogP contribution in [0.15, 0.2) is 82.7 Å². The first-order chi connectivity index (χ1) is 15.1. The number of guanidine groups is 1. The summed E-state index contributed by atoms with van der Waals surface area (Å²) in [6.07, 6.45) is 0. The Morgan fingerprint density at radius 1 is 0.875 bits per heavy atom. The molecule has 0 saturated carbocycles. The van der Waals surface area contributed by atoms with Gasteiger partial charge in [-0.3, -0.25) is 4.55 Å². The molecule has 0 amide bonds. The molecule has 0 saturated heterocycles. The van der Waals surface area contributed by atoms with Gasteiger partial charge in [0.15, 0.2) is 5.96 Å². The molecule has 3 rings (SSSR count). The quantitative estimate of drug-likeness (QED) is 0.174. The number of carbonyl (C=O) groups excluding carboxylic acids is 1. The number of nitrogens with zero attached hydrogens (tertiary/aromatic N) is 1. The summed E-state index contributed by atoms with van der Waals surface area (Å²) in [4.78, 5) is 15.8. The van der Waals surface area contributed by atoms with Gasteiger partial charge in [-0.25, -0.2) is 9.79 Å². The van der Waals surface area contributed by atoms with Crippen LogP contribution in [0.5, 0.6) is 11.5 Å². The molecule has 0 aromatic heterocycles. The van der Waals surface area contributed by atoms with Crippen LogP contribution >= 0.6 is 0 Å². The number of carbonyl (C=O) groups is 1. The summed E-state index contributed by atoms with van der Waals surface area (Å²) in [5, 5.41) is 0. The minimum atomic E-state index is -4.02. The van der Waals surface area contributed by atoms with Gasteiger partial charge in [-0.1, -0.05) is 17.7 Å². The van der Waals surface area contributed by atoms with E-state index in [4.69, 9.17) is 25.5 Å². The lowest BCUT2D eigenvalue weighted by Gasteiger charge is -2.05. The van der Waals surface area contributed by atoms with Crippen molar-refractivity contribution in [3.8, 4) is 11.5 Å². The van der Waals surface area contributed by atoms with Crippen molar-refractivity contribution >= 4 is 27.7 Å². The van der Waals surface area contributed by atoms with Crippen LogP contribution in [0.25, 0.3) is 0 Å². The molecule has 0 atom stereocenters. The molecule has 5 N–H and O–H groups in total. The normalized spacial score (nSPS) is 10.3. The molecule has 168 valence electrons. The smallest absolute Gasteiger partial charge is 0.343 e. The minimum Gasteiger partial charge on any atom is -0.497 e. The lowest BCUT2D eigenvalue weighted by molar-refractivity contribution is 0.0734. The van der Waals surface area contributed by atoms with Crippen molar-refractivity contribution in [3.63, 3.8) is 0 Å². The second kappa shape index (κ2) is 10.9. The van der Waals surface area contributed by atoms with Crippen LogP contribution in [0.1, 0.15) is 15.9 Å². The maximum Gasteiger partial charge on any atom is 0.343 e. The minimum absolute atomic E-state index is 0.0384. The zero-order valence-electron chi connectivity index (χ0n) is 17.4. The number of nitrogens with two attached hydrogens (primary N) is 2. The van der Waals surface area contributed by atoms with Crippen molar-refractivity contribution < 1.29 is 27.2 Å². The summed E-state index contributed by atoms with van der Waals surface area (Å²) in [7, 11) is -2.45. The number of methoxy groups -OCH3 is 1. The fourth-order valence-electron chi connectivity index (χ4n) is 2.34. The third-order valence-corrected chi connectivity index (χ3v) is 4.82. The van der Waals surface area contributed by atoms with E-state index in [9.17, 15) is 13.2 Å². The Labute approximate surface area is 186 Å². The maximum absolute atomic E-state index is 12.0. The van der Waals surface area contributed by atoms with E-state index in [0.717, 1.165) is 5.56 Å². The van der Waals surface area contributed by atoms with Crippen LogP contribution in [0.4, 0.5) is 5.69 Å². The van der Waals surface area contributed by atoms with Gasteiger partial charge >= 0.3 is 5.97 Å². The number of rotatable bonds is 5. The molecular formula is C22H23N3O6S. The van der Waals surface area contributed by atoms with E-state index < -0.39 is 16.1 Å². The summed E-state index contributed by atoms with van der Waals surface area (Å²) in [6.45, 7) is 1.84. The average molecular weight is 458 g/mol. The number of benzene rings is 3. The molecule has 3 aromatic carbocycles. The Morgan fingerprint density at radius 3 is 1.88 bits per heavy atom. The first-order valence-electron chi connectivity index (χ1n) is 9.18. The highest BCUT2D eigenvalue weighted by Gasteiger charge is 2.09. The third kappa shape index (κ3) is 7.74. The van der Waals surface area contributed by atoms with E-state index in [1.807, 2.05) is 6.92 Å². The lowest BCUT2D eigenvalue weighted by atomic mass is 10.2. The summed E-state index contributed by atoms with van der Waals surface area (Å²) >= 11 is 0. The van der Waals surface area contributed by atoms with Gasteiger partial charge < -0.3 is 20.9 Å². The van der Waals surface area contributed by atoms with Gasteiger partial charge in [0, 0.05) is 0 Å². The molecule has 9 nitrogen and oxygen atoms in total. The fraction of sp³-hybridized carbons (Fsp3) is 0.0909. The first-order valence-corrected chi connectivity index (χ1v) is 10.6. The molecule has 0 aliphatic rings. The topological polar surface area (TPSA) is 154 Å². The monoisotopic (exact) mass is 457 g/mol. The molecule has 0 aliphatic heterocycles. The number of aryl methyl sites for hydroxylation is 1. The number of hydrogen-bond donors (Lipinski definition) is 3. The van der Waals surface area contributed by atoms with E-state index in [0.29, 0.717) is 22.7 Å². The number of ether oxygens (including phenoxy) is 2. The van der Waals surface area contributed by atoms with Crippen LogP contribution in [-0.2, 0) is 10.1 Å². The Balaban J connectivity index is 0.000000278. The van der Waals surface area contributed by atoms with E-state index in [1.54, 1.807) is 67.8 Å². The van der Waals surface area contributed by atoms with Crippen LogP contribution in [-0.4, -0.2) is 32.0 Å². The summed E-state index contributed by atoms with van der Waals surface area (Å²) < 4.78 is 39.8. The maximum atomic E-state index is 12.0. The highest BCUT2D eigenvalue weighted by atomic mass is 32.2. The van der Waals surface area contributed by atoms with Crippen molar-refractivity contribution in [3.05, 3.63) is 83.9 Å². The van der Waals surface area contributed by atoms with Gasteiger partial charge in [0.1, 0.15) is 11.5 Å². The van der Waals surface area contributed by atoms with Crippen LogP contribution < -0.4 is 20.9 Å². The van der Waals surface area contributed by atoms with Gasteiger partial charge in [0.05, 0.1) is 23.3 Å². The zero-order valence-corrected chi connectivity index (χ0v) is 18.2. The molecule has 0 unspecified atom stereocenters. The van der Waals surface area contributed by atoms with Crippen LogP contribution in [0, 0.1) is 6.92 Å². The molecule has 3 aromatic rings. The summed E-state index contributed by atoms with van der Waals surface area (Å²) in [6, 6.07) is 19.2. The zero-order chi connectivity index (χ0) is 23.7. The number of esters is 1. The molecule has 10 heteroatoms. The van der Waals surface area contributed by atoms with Crippen molar-refractivity contribution in [2.75, 3.05) is 7.11 Å². The second-order valence-electron chi connectivity index (χ2n) is 6.44. The number of aliphatic imine (C=N–C) groups is 1. The Kier molecular flexibility index (Phi) is 8.33. The van der Waals surface area contributed by atoms with E-state index in [-0.39, 0.29) is 10.9 Å². The SMILES string of the molecule is COc1ccc(OC(=O)c2ccc(N=C(N)N)cc2)cc1.Cc1ccc(S(=O)(=O)O)cc1. The molecular weight excluding hydrogens is 434 g/mol. The van der Waals surface area contributed by atoms with Gasteiger partial charge in [-0.15, -0.1) is 0 Å². The van der Waals surface area contributed by atoms with Gasteiger partial charge in [-0.2, -0.15) is 8.42 Å². The second-order valence-corrected chi connectivity index (χ2v) is 7.86. The third-order valence-electron chi connectivity index (χ3n) is 3.95. The molecule has 0 spiro atoms. The van der Waals surface area contributed by atoms with Gasteiger partial charge in [-0.05, 0) is 67.6 Å². The molecule has 0 radical (unpaired) electrons. The molecule has 0 fully saturated rings. The average Bonchev–Trinajstić information content (AvgIpc) is 2.74. The highest BCUT2D eigenvalue weighted by molar-refractivity contribution is 7.85. The van der Waals surface area contributed by atoms with Crippen molar-refractivity contribution in [2.24, 2.45) is 16.5 Å². The predicted molar refractivity (Wildman–Crippen MR) is 121 cm³/mol. The summed E-state index contributed by atoms with van der Waals surface area (Å²) in [5.74, 6) is 0.630. The van der Waals surface area contributed by atoms with Gasteiger partial charge in [0.25, 0.3) is 10.1 Å². The predicted octanol–water partition coefficient (Wildman–Crippen LogP) is 3.06. The first kappa shape index (κ1) is 24.4. The van der Waals surface area contributed by atoms with E-state index in [2.05, 4.69) is 4.99 Å². The fourth-order valence-corrected chi connectivity index (χ4v) is 2.82. The Bertz CT molecular complexity index is 1170. The van der Waals surface area contributed by atoms with E-state index >= 15 is 0 Å². The molecule has 0 bridgehead atoms. The summed E-state index contributed by atoms with van der Waals surface area (Å²) in [5.41, 5.74) is 12.5. The molecule has 0 heterocycles. The standard InChI is InChI=1S/C15H15N3O3.C7H8O3S/c1-20-12-6-8-13(9-7-12)21-14(19)10-2-4-11(5-3-10)18-15(16)17;1-6-2-4-7(5-3-6)11(8,9)10/h2-9H,1H3,(H4,16,17,18);2-5H,1H3,(H,8,9,10). The Morgan fingerprint density at radius 2 is 1.41 bits per heavy atom. The lowest BCUT2D eigenvalue weighted by Crippen LogP contribution is -2.21. The van der Waals surface area contributed by atoms with Crippen molar-refractivity contribution in [1.29, 1.82) is 0 Å². The van der Waals surface area contributed by atoms with Crippen LogP contribution in [0.3, 0.4) is 0 Å². The molecule has 32 heavy (non-hydrogen) atoms. The highest BCUT2D eigenvalue weighted by Crippen LogP contribution is 2.19. The van der Waals surface area contributed by atoms with Crippen molar-refractivity contribution in [1.82, 2.24) is 0 Å². The molecule has 0 aliphatic carbocycles. The van der Waals surface area contributed by atoms with E-state index in [1.165, 1.54) is 12.1 Å². The van der Waals surface area contributed by atoms with Gasteiger partial charge in [0.2, 0.25) is 0 Å². The largest absolute Gasteiger partial charge is 0.497 e. The Hall–Kier alpha value is -3.89.